The molecular formula is C18H23ClN4O3. The maximum absolute atomic E-state index is 11.6. The fraction of sp³-hybridized carbons (Fsp3) is 0.444. The summed E-state index contributed by atoms with van der Waals surface area (Å²) in [5.74, 6) is 0.214. The van der Waals surface area contributed by atoms with Crippen LogP contribution in [0.2, 0.25) is 5.02 Å². The van der Waals surface area contributed by atoms with Crippen molar-refractivity contribution in [2.45, 2.75) is 18.6 Å². The monoisotopic (exact) mass is 378 g/mol. The van der Waals surface area contributed by atoms with Crippen molar-refractivity contribution >= 4 is 17.5 Å². The molecule has 1 aromatic carbocycles. The Labute approximate surface area is 157 Å². The van der Waals surface area contributed by atoms with E-state index in [1.165, 1.54) is 0 Å². The Morgan fingerprint density at radius 1 is 1.46 bits per heavy atom. The zero-order chi connectivity index (χ0) is 18.6. The minimum atomic E-state index is -0.790. The molecule has 140 valence electrons. The first kappa shape index (κ1) is 18.7. The van der Waals surface area contributed by atoms with E-state index in [-0.39, 0.29) is 13.0 Å². The van der Waals surface area contributed by atoms with Crippen molar-refractivity contribution in [1.82, 2.24) is 14.7 Å². The first-order valence-electron chi connectivity index (χ1n) is 8.46. The Morgan fingerprint density at radius 2 is 2.31 bits per heavy atom. The van der Waals surface area contributed by atoms with Crippen molar-refractivity contribution in [3.63, 3.8) is 0 Å². The minimum absolute atomic E-state index is 0.0896. The van der Waals surface area contributed by atoms with Crippen LogP contribution in [-0.2, 0) is 23.1 Å². The van der Waals surface area contributed by atoms with Crippen LogP contribution in [0, 0.1) is 0 Å². The fourth-order valence-corrected chi connectivity index (χ4v) is 3.35. The number of hydrogen-bond acceptors (Lipinski definition) is 5. The van der Waals surface area contributed by atoms with Gasteiger partial charge in [0.1, 0.15) is 18.0 Å². The number of aromatic nitrogens is 2. The first-order valence-corrected chi connectivity index (χ1v) is 8.83. The Hall–Kier alpha value is -2.09. The number of aryl methyl sites for hydroxylation is 1. The second kappa shape index (κ2) is 8.07. The smallest absolute Gasteiger partial charge is 0.220 e. The Morgan fingerprint density at radius 3 is 3.00 bits per heavy atom. The number of hydrogen-bond donors (Lipinski definition) is 1. The van der Waals surface area contributed by atoms with Gasteiger partial charge in [0, 0.05) is 37.9 Å². The lowest BCUT2D eigenvalue weighted by molar-refractivity contribution is -0.148. The van der Waals surface area contributed by atoms with Gasteiger partial charge in [0.2, 0.25) is 5.91 Å². The minimum Gasteiger partial charge on any atom is -0.490 e. The molecule has 26 heavy (non-hydrogen) atoms. The number of carbonyl (C=O) groups is 1. The van der Waals surface area contributed by atoms with Crippen LogP contribution in [0.25, 0.3) is 0 Å². The lowest BCUT2D eigenvalue weighted by Crippen LogP contribution is -2.56. The molecule has 8 heteroatoms. The Kier molecular flexibility index (Phi) is 5.80. The van der Waals surface area contributed by atoms with Gasteiger partial charge >= 0.3 is 0 Å². The van der Waals surface area contributed by atoms with E-state index in [4.69, 9.17) is 26.8 Å². The van der Waals surface area contributed by atoms with E-state index in [1.807, 2.05) is 31.4 Å². The van der Waals surface area contributed by atoms with Gasteiger partial charge in [-0.1, -0.05) is 17.7 Å². The number of nitrogens with two attached hydrogens (primary N) is 1. The largest absolute Gasteiger partial charge is 0.490 e. The fourth-order valence-electron chi connectivity index (χ4n) is 3.17. The summed E-state index contributed by atoms with van der Waals surface area (Å²) in [4.78, 5) is 13.8. The van der Waals surface area contributed by atoms with E-state index in [1.54, 1.807) is 16.8 Å². The van der Waals surface area contributed by atoms with Crippen molar-refractivity contribution in [2.75, 3.05) is 26.3 Å². The van der Waals surface area contributed by atoms with Crippen LogP contribution < -0.4 is 10.5 Å². The molecule has 0 spiro atoms. The number of morpholine rings is 1. The lowest BCUT2D eigenvalue weighted by Gasteiger charge is -2.41. The number of nitrogens with zero attached hydrogens (tertiary/aromatic N) is 3. The molecule has 3 rings (SSSR count). The highest BCUT2D eigenvalue weighted by Crippen LogP contribution is 2.26. The number of halogens is 1. The third kappa shape index (κ3) is 4.97. The molecule has 0 bridgehead atoms. The summed E-state index contributed by atoms with van der Waals surface area (Å²) in [5, 5.41) is 5.00. The third-order valence-corrected chi connectivity index (χ3v) is 4.51. The van der Waals surface area contributed by atoms with Crippen LogP contribution in [-0.4, -0.2) is 52.5 Å². The number of carbonyl (C=O) groups excluding carboxylic acids is 1. The van der Waals surface area contributed by atoms with E-state index in [2.05, 4.69) is 10.00 Å². The van der Waals surface area contributed by atoms with Crippen molar-refractivity contribution < 1.29 is 14.3 Å². The van der Waals surface area contributed by atoms with E-state index < -0.39 is 11.5 Å². The van der Waals surface area contributed by atoms with Crippen LogP contribution in [0.15, 0.2) is 36.5 Å². The van der Waals surface area contributed by atoms with Crippen LogP contribution in [0.1, 0.15) is 12.1 Å². The molecular weight excluding hydrogens is 356 g/mol. The van der Waals surface area contributed by atoms with Crippen LogP contribution >= 0.6 is 11.6 Å². The summed E-state index contributed by atoms with van der Waals surface area (Å²) in [5.41, 5.74) is 5.65. The summed E-state index contributed by atoms with van der Waals surface area (Å²) >= 11 is 6.00. The molecule has 1 aliphatic heterocycles. The van der Waals surface area contributed by atoms with Gasteiger partial charge in [-0.15, -0.1) is 0 Å². The van der Waals surface area contributed by atoms with E-state index in [0.717, 1.165) is 12.2 Å². The normalized spacial score (nSPS) is 20.8. The number of primary amides is 1. The Balaban J connectivity index is 1.69. The molecule has 1 fully saturated rings. The van der Waals surface area contributed by atoms with Gasteiger partial charge in [-0.3, -0.25) is 14.4 Å². The van der Waals surface area contributed by atoms with Crippen molar-refractivity contribution in [3.8, 4) is 5.75 Å². The number of rotatable bonds is 7. The molecule has 0 unspecified atom stereocenters. The SMILES string of the molecule is Cn1ccc(CN2CCO[C@](COc3cccc(Cl)c3)(CC(N)=O)C2)n1. The molecule has 1 atom stereocenters. The maximum Gasteiger partial charge on any atom is 0.220 e. The maximum atomic E-state index is 11.6. The van der Waals surface area contributed by atoms with Gasteiger partial charge in [-0.05, 0) is 24.3 Å². The van der Waals surface area contributed by atoms with Gasteiger partial charge in [-0.2, -0.15) is 5.10 Å². The first-order chi connectivity index (χ1) is 12.4. The molecule has 2 aromatic rings. The third-order valence-electron chi connectivity index (χ3n) is 4.28. The molecule has 0 radical (unpaired) electrons. The molecule has 1 aromatic heterocycles. The summed E-state index contributed by atoms with van der Waals surface area (Å²) < 4.78 is 13.6. The topological polar surface area (TPSA) is 82.6 Å². The van der Waals surface area contributed by atoms with Gasteiger partial charge in [-0.25, -0.2) is 0 Å². The second-order valence-corrected chi connectivity index (χ2v) is 7.05. The van der Waals surface area contributed by atoms with Gasteiger partial charge in [0.05, 0.1) is 18.7 Å². The highest BCUT2D eigenvalue weighted by atomic mass is 35.5. The van der Waals surface area contributed by atoms with Crippen LogP contribution in [0.4, 0.5) is 0 Å². The molecule has 0 saturated carbocycles. The highest BCUT2D eigenvalue weighted by Gasteiger charge is 2.39. The van der Waals surface area contributed by atoms with Gasteiger partial charge in [0.15, 0.2) is 0 Å². The van der Waals surface area contributed by atoms with E-state index in [9.17, 15) is 4.79 Å². The average molecular weight is 379 g/mol. The van der Waals surface area contributed by atoms with Crippen molar-refractivity contribution in [1.29, 1.82) is 0 Å². The van der Waals surface area contributed by atoms with E-state index in [0.29, 0.717) is 30.5 Å². The van der Waals surface area contributed by atoms with E-state index >= 15 is 0 Å². The lowest BCUT2D eigenvalue weighted by atomic mass is 9.97. The predicted molar refractivity (Wildman–Crippen MR) is 97.9 cm³/mol. The quantitative estimate of drug-likeness (QED) is 0.791. The predicted octanol–water partition coefficient (Wildman–Crippen LogP) is 1.60. The average Bonchev–Trinajstić information content (AvgIpc) is 2.98. The van der Waals surface area contributed by atoms with Gasteiger partial charge in [0.25, 0.3) is 0 Å². The Bertz CT molecular complexity index is 766. The molecule has 2 heterocycles. The highest BCUT2D eigenvalue weighted by molar-refractivity contribution is 6.30. The standard InChI is InChI=1S/C18H23ClN4O3/c1-22-6-5-15(21-22)11-23-7-8-26-18(12-23,10-17(20)24)13-25-16-4-2-3-14(19)9-16/h2-6,9H,7-8,10-13H2,1H3,(H2,20,24)/t18-/m1/s1. The molecule has 1 saturated heterocycles. The second-order valence-electron chi connectivity index (χ2n) is 6.61. The summed E-state index contributed by atoms with van der Waals surface area (Å²) in [6.07, 6.45) is 2.00. The number of benzene rings is 1. The zero-order valence-corrected chi connectivity index (χ0v) is 15.5. The molecule has 2 N–H and O–H groups in total. The van der Waals surface area contributed by atoms with Crippen LogP contribution in [0.3, 0.4) is 0 Å². The molecule has 0 aliphatic carbocycles. The number of amides is 1. The van der Waals surface area contributed by atoms with Crippen molar-refractivity contribution in [3.05, 3.63) is 47.2 Å². The molecule has 1 aliphatic rings. The van der Waals surface area contributed by atoms with Crippen molar-refractivity contribution in [2.24, 2.45) is 12.8 Å². The van der Waals surface area contributed by atoms with Crippen LogP contribution in [0.5, 0.6) is 5.75 Å². The zero-order valence-electron chi connectivity index (χ0n) is 14.7. The summed E-state index contributed by atoms with van der Waals surface area (Å²) in [6.45, 7) is 2.69. The summed E-state index contributed by atoms with van der Waals surface area (Å²) in [7, 11) is 1.89. The molecule has 1 amide bonds. The molecule has 7 nitrogen and oxygen atoms in total. The number of ether oxygens (including phenoxy) is 2. The van der Waals surface area contributed by atoms with Gasteiger partial charge < -0.3 is 15.2 Å². The summed E-state index contributed by atoms with van der Waals surface area (Å²) in [6, 6.07) is 9.12.